The maximum atomic E-state index is 12.8. The number of ether oxygens (including phenoxy) is 2. The fourth-order valence-corrected chi connectivity index (χ4v) is 3.76. The number of carbonyl (C=O) groups excluding carboxylic acids is 1. The Hall–Kier alpha value is -3.43. The van der Waals surface area contributed by atoms with Crippen LogP contribution in [0.1, 0.15) is 10.4 Å². The molecule has 0 saturated heterocycles. The number of halogens is 1. The van der Waals surface area contributed by atoms with Crippen molar-refractivity contribution in [1.82, 2.24) is 10.3 Å². The van der Waals surface area contributed by atoms with Gasteiger partial charge in [-0.1, -0.05) is 28.1 Å². The van der Waals surface area contributed by atoms with Crippen molar-refractivity contribution in [2.75, 3.05) is 19.5 Å². The van der Waals surface area contributed by atoms with Crippen LogP contribution in [-0.4, -0.2) is 30.2 Å². The number of thiocarbonyl (C=S) groups is 1. The molecule has 4 rings (SSSR count). The molecule has 0 saturated carbocycles. The second-order valence-electron chi connectivity index (χ2n) is 6.66. The SMILES string of the molecule is COc1cccc(OC)c1C(=O)NC(=S)Nc1ccc2oc(-c3cccc(Br)c3)nc2c1. The molecule has 0 aliphatic carbocycles. The van der Waals surface area contributed by atoms with Crippen LogP contribution in [0.15, 0.2) is 69.6 Å². The van der Waals surface area contributed by atoms with Crippen molar-refractivity contribution < 1.29 is 18.7 Å². The molecule has 0 aliphatic heterocycles. The predicted molar refractivity (Wildman–Crippen MR) is 130 cm³/mol. The van der Waals surface area contributed by atoms with Gasteiger partial charge in [0.25, 0.3) is 5.91 Å². The van der Waals surface area contributed by atoms with Gasteiger partial charge in [-0.15, -0.1) is 0 Å². The smallest absolute Gasteiger partial charge is 0.264 e. The number of methoxy groups -OCH3 is 2. The lowest BCUT2D eigenvalue weighted by Gasteiger charge is -2.14. The number of hydrogen-bond donors (Lipinski definition) is 2. The van der Waals surface area contributed by atoms with Crippen molar-refractivity contribution in [3.63, 3.8) is 0 Å². The van der Waals surface area contributed by atoms with Crippen LogP contribution in [0.25, 0.3) is 22.6 Å². The maximum Gasteiger partial charge on any atom is 0.264 e. The Morgan fingerprint density at radius 2 is 1.75 bits per heavy atom. The monoisotopic (exact) mass is 511 g/mol. The van der Waals surface area contributed by atoms with Crippen LogP contribution in [-0.2, 0) is 0 Å². The van der Waals surface area contributed by atoms with Gasteiger partial charge in [0, 0.05) is 15.7 Å². The number of hydrogen-bond acceptors (Lipinski definition) is 6. The molecule has 0 bridgehead atoms. The third kappa shape index (κ3) is 4.58. The number of amides is 1. The van der Waals surface area contributed by atoms with Gasteiger partial charge in [-0.3, -0.25) is 10.1 Å². The summed E-state index contributed by atoms with van der Waals surface area (Å²) in [6.45, 7) is 0. The molecular formula is C23H18BrN3O4S. The summed E-state index contributed by atoms with van der Waals surface area (Å²) in [5.74, 6) is 0.830. The molecule has 0 aliphatic rings. The molecule has 0 radical (unpaired) electrons. The Balaban J connectivity index is 1.51. The number of nitrogens with one attached hydrogen (secondary N) is 2. The highest BCUT2D eigenvalue weighted by Crippen LogP contribution is 2.29. The van der Waals surface area contributed by atoms with Crippen LogP contribution in [0.4, 0.5) is 5.69 Å². The van der Waals surface area contributed by atoms with E-state index < -0.39 is 5.91 Å². The summed E-state index contributed by atoms with van der Waals surface area (Å²) >= 11 is 8.77. The molecule has 0 fully saturated rings. The summed E-state index contributed by atoms with van der Waals surface area (Å²) in [5.41, 5.74) is 3.07. The summed E-state index contributed by atoms with van der Waals surface area (Å²) in [6.07, 6.45) is 0. The summed E-state index contributed by atoms with van der Waals surface area (Å²) in [6, 6.07) is 18.2. The summed E-state index contributed by atoms with van der Waals surface area (Å²) in [5, 5.41) is 5.77. The zero-order valence-electron chi connectivity index (χ0n) is 17.1. The highest BCUT2D eigenvalue weighted by Gasteiger charge is 2.19. The van der Waals surface area contributed by atoms with E-state index in [1.165, 1.54) is 14.2 Å². The zero-order chi connectivity index (χ0) is 22.7. The fourth-order valence-electron chi connectivity index (χ4n) is 3.15. The van der Waals surface area contributed by atoms with Gasteiger partial charge in [0.2, 0.25) is 5.89 Å². The number of carbonyl (C=O) groups is 1. The molecule has 162 valence electrons. The second kappa shape index (κ2) is 9.37. The molecule has 0 atom stereocenters. The van der Waals surface area contributed by atoms with Crippen LogP contribution >= 0.6 is 28.1 Å². The topological polar surface area (TPSA) is 85.6 Å². The standard InChI is InChI=1S/C23H18BrN3O4S/c1-29-18-7-4-8-19(30-2)20(18)21(28)27-23(32)25-15-9-10-17-16(12-15)26-22(31-17)13-5-3-6-14(24)11-13/h3-12H,1-2H3,(H2,25,27,28,32). The minimum Gasteiger partial charge on any atom is -0.496 e. The highest BCUT2D eigenvalue weighted by molar-refractivity contribution is 9.10. The number of benzene rings is 3. The van der Waals surface area contributed by atoms with Crippen molar-refractivity contribution in [1.29, 1.82) is 0 Å². The number of aromatic nitrogens is 1. The quantitative estimate of drug-likeness (QED) is 0.347. The molecule has 9 heteroatoms. The third-order valence-corrected chi connectivity index (χ3v) is 5.30. The van der Waals surface area contributed by atoms with Crippen molar-refractivity contribution >= 4 is 56.0 Å². The minimum atomic E-state index is -0.448. The van der Waals surface area contributed by atoms with E-state index in [4.69, 9.17) is 26.1 Å². The van der Waals surface area contributed by atoms with Gasteiger partial charge in [0.15, 0.2) is 10.7 Å². The van der Waals surface area contributed by atoms with Crippen molar-refractivity contribution in [2.45, 2.75) is 0 Å². The predicted octanol–water partition coefficient (Wildman–Crippen LogP) is 5.40. The normalized spacial score (nSPS) is 10.6. The molecule has 3 aromatic carbocycles. The molecule has 1 heterocycles. The molecular weight excluding hydrogens is 494 g/mol. The van der Waals surface area contributed by atoms with E-state index in [-0.39, 0.29) is 10.7 Å². The first kappa shape index (κ1) is 21.8. The minimum absolute atomic E-state index is 0.123. The Morgan fingerprint density at radius 1 is 1.03 bits per heavy atom. The Kier molecular flexibility index (Phi) is 6.38. The number of rotatable bonds is 5. The molecule has 32 heavy (non-hydrogen) atoms. The summed E-state index contributed by atoms with van der Waals surface area (Å²) in [4.78, 5) is 17.3. The van der Waals surface area contributed by atoms with Gasteiger partial charge in [0.05, 0.1) is 14.2 Å². The first-order valence-corrected chi connectivity index (χ1v) is 10.7. The highest BCUT2D eigenvalue weighted by atomic mass is 79.9. The fraction of sp³-hybridized carbons (Fsp3) is 0.0870. The van der Waals surface area contributed by atoms with Crippen LogP contribution in [0.3, 0.4) is 0 Å². The largest absolute Gasteiger partial charge is 0.496 e. The number of fused-ring (bicyclic) bond motifs is 1. The average Bonchev–Trinajstić information content (AvgIpc) is 3.21. The molecule has 0 unspecified atom stereocenters. The third-order valence-electron chi connectivity index (χ3n) is 4.60. The van der Waals surface area contributed by atoms with Gasteiger partial charge in [-0.2, -0.15) is 0 Å². The van der Waals surface area contributed by atoms with Crippen LogP contribution in [0.2, 0.25) is 0 Å². The number of anilines is 1. The van der Waals surface area contributed by atoms with E-state index >= 15 is 0 Å². The first-order valence-electron chi connectivity index (χ1n) is 9.48. The lowest BCUT2D eigenvalue weighted by Crippen LogP contribution is -2.34. The van der Waals surface area contributed by atoms with E-state index in [0.29, 0.717) is 34.2 Å². The lowest BCUT2D eigenvalue weighted by molar-refractivity contribution is 0.0971. The van der Waals surface area contributed by atoms with Gasteiger partial charge in [0.1, 0.15) is 22.6 Å². The van der Waals surface area contributed by atoms with Crippen molar-refractivity contribution in [3.8, 4) is 23.0 Å². The van der Waals surface area contributed by atoms with Gasteiger partial charge >= 0.3 is 0 Å². The first-order chi connectivity index (χ1) is 15.5. The molecule has 1 amide bonds. The van der Waals surface area contributed by atoms with E-state index in [9.17, 15) is 4.79 Å². The van der Waals surface area contributed by atoms with Crippen molar-refractivity contribution in [3.05, 3.63) is 70.7 Å². The number of oxazole rings is 1. The molecule has 7 nitrogen and oxygen atoms in total. The van der Waals surface area contributed by atoms with E-state index in [2.05, 4.69) is 31.5 Å². The van der Waals surface area contributed by atoms with Crippen LogP contribution in [0.5, 0.6) is 11.5 Å². The average molecular weight is 512 g/mol. The molecule has 0 spiro atoms. The zero-order valence-corrected chi connectivity index (χ0v) is 19.5. The number of nitrogens with zero attached hydrogens (tertiary/aromatic N) is 1. The molecule has 2 N–H and O–H groups in total. The Labute approximate surface area is 197 Å². The summed E-state index contributed by atoms with van der Waals surface area (Å²) in [7, 11) is 2.97. The van der Waals surface area contributed by atoms with Crippen molar-refractivity contribution in [2.24, 2.45) is 0 Å². The van der Waals surface area contributed by atoms with Gasteiger partial charge in [-0.05, 0) is 60.7 Å². The van der Waals surface area contributed by atoms with E-state index in [1.54, 1.807) is 36.4 Å². The molecule has 1 aromatic heterocycles. The summed E-state index contributed by atoms with van der Waals surface area (Å²) < 4.78 is 17.3. The van der Waals surface area contributed by atoms with Gasteiger partial charge in [-0.25, -0.2) is 4.98 Å². The lowest BCUT2D eigenvalue weighted by atomic mass is 10.1. The van der Waals surface area contributed by atoms with Crippen LogP contribution < -0.4 is 20.1 Å². The van der Waals surface area contributed by atoms with Gasteiger partial charge < -0.3 is 19.2 Å². The molecule has 4 aromatic rings. The van der Waals surface area contributed by atoms with E-state index in [0.717, 1.165) is 10.0 Å². The van der Waals surface area contributed by atoms with E-state index in [1.807, 2.05) is 24.3 Å². The maximum absolute atomic E-state index is 12.8. The van der Waals surface area contributed by atoms with Crippen LogP contribution in [0, 0.1) is 0 Å². The Bertz CT molecular complexity index is 1300. The second-order valence-corrected chi connectivity index (χ2v) is 7.98. The Morgan fingerprint density at radius 3 is 2.44 bits per heavy atom.